The number of nitrogens with two attached hydrogens (primary N) is 1. The number of carbonyl (C=O) groups is 1. The molecule has 1 aliphatic heterocycles. The molecule has 34 heavy (non-hydrogen) atoms. The van der Waals surface area contributed by atoms with E-state index >= 15 is 0 Å². The van der Waals surface area contributed by atoms with Crippen LogP contribution in [0.4, 0.5) is 8.78 Å². The van der Waals surface area contributed by atoms with Crippen molar-refractivity contribution in [3.05, 3.63) is 64.9 Å². The maximum atomic E-state index is 14.3. The molecule has 1 saturated carbocycles. The second kappa shape index (κ2) is 10.3. The first-order valence-corrected chi connectivity index (χ1v) is 11.8. The number of H-pyrrole nitrogens is 1. The van der Waals surface area contributed by atoms with Gasteiger partial charge in [0.15, 0.2) is 11.6 Å². The van der Waals surface area contributed by atoms with Crippen LogP contribution in [0, 0.1) is 11.6 Å². The van der Waals surface area contributed by atoms with Crippen LogP contribution in [0.1, 0.15) is 53.6 Å². The first-order chi connectivity index (χ1) is 16.0. The molecule has 0 saturated heterocycles. The zero-order valence-corrected chi connectivity index (χ0v) is 19.8. The molecule has 8 heteroatoms. The van der Waals surface area contributed by atoms with Crippen molar-refractivity contribution in [1.29, 1.82) is 0 Å². The number of benzene rings is 2. The number of hydrogen-bond donors (Lipinski definition) is 2. The lowest BCUT2D eigenvalue weighted by Crippen LogP contribution is -2.51. The first-order valence-electron chi connectivity index (χ1n) is 11.8. The summed E-state index contributed by atoms with van der Waals surface area (Å²) < 4.78 is 33.8. The first kappa shape index (κ1) is 24.5. The molecule has 2 aliphatic rings. The molecule has 5 rings (SSSR count). The molecular formula is C26H30ClF2N3O2. The monoisotopic (exact) mass is 489 g/mol. The second-order valence-corrected chi connectivity index (χ2v) is 9.22. The fourth-order valence-corrected chi connectivity index (χ4v) is 5.22. The molecule has 0 bridgehead atoms. The Balaban J connectivity index is 0.00000274. The minimum atomic E-state index is -0.555. The Kier molecular flexibility index (Phi) is 7.43. The number of aromatic nitrogens is 1. The average molecular weight is 490 g/mol. The Morgan fingerprint density at radius 1 is 1.15 bits per heavy atom. The van der Waals surface area contributed by atoms with Crippen molar-refractivity contribution in [2.24, 2.45) is 5.73 Å². The smallest absolute Gasteiger partial charge is 0.249 e. The largest absolute Gasteiger partial charge is 0.489 e. The lowest BCUT2D eigenvalue weighted by Gasteiger charge is -2.44. The van der Waals surface area contributed by atoms with Gasteiger partial charge < -0.3 is 15.5 Å². The van der Waals surface area contributed by atoms with Crippen LogP contribution < -0.4 is 10.5 Å². The fraction of sp³-hybridized carbons (Fsp3) is 0.423. The molecule has 2 heterocycles. The Morgan fingerprint density at radius 2 is 1.97 bits per heavy atom. The molecule has 0 radical (unpaired) electrons. The summed E-state index contributed by atoms with van der Waals surface area (Å²) in [5.74, 6) is -1.05. The molecule has 1 aromatic heterocycles. The van der Waals surface area contributed by atoms with E-state index < -0.39 is 11.7 Å². The van der Waals surface area contributed by atoms with Gasteiger partial charge in [0.2, 0.25) is 5.91 Å². The Hall–Kier alpha value is -2.64. The van der Waals surface area contributed by atoms with Crippen LogP contribution in [0.2, 0.25) is 0 Å². The number of carbonyl (C=O) groups excluding carboxylic acids is 1. The maximum Gasteiger partial charge on any atom is 0.249 e. The van der Waals surface area contributed by atoms with Gasteiger partial charge in [-0.05, 0) is 81.0 Å². The van der Waals surface area contributed by atoms with Crippen molar-refractivity contribution < 1.29 is 18.3 Å². The number of primary amides is 1. The standard InChI is InChI=1S/C26H29F2N3O2.ClH/c27-17-7-10-24-21(12-17)16(14-30-24)4-1-2-11-31(18-5-3-6-18)19-13-22-20(26(29)32)8-9-23(28)25(22)33-15-19;/h7-10,12,14,18-19,30H,1-6,11,13,15H2,(H2,29,32);1H/t19-;/m0./s1. The summed E-state index contributed by atoms with van der Waals surface area (Å²) in [6, 6.07) is 8.13. The predicted molar refractivity (Wildman–Crippen MR) is 131 cm³/mol. The van der Waals surface area contributed by atoms with Crippen molar-refractivity contribution in [2.45, 2.75) is 57.0 Å². The number of nitrogens with zero attached hydrogens (tertiary/aromatic N) is 1. The molecular weight excluding hydrogens is 460 g/mol. The van der Waals surface area contributed by atoms with Gasteiger partial charge in [-0.3, -0.25) is 9.69 Å². The number of aryl methyl sites for hydroxylation is 1. The van der Waals surface area contributed by atoms with Gasteiger partial charge in [0.25, 0.3) is 0 Å². The van der Waals surface area contributed by atoms with Gasteiger partial charge in [0.05, 0.1) is 0 Å². The Morgan fingerprint density at radius 3 is 2.71 bits per heavy atom. The number of halogens is 3. The Bertz CT molecular complexity index is 1180. The van der Waals surface area contributed by atoms with E-state index in [0.29, 0.717) is 30.2 Å². The van der Waals surface area contributed by atoms with E-state index in [1.165, 1.54) is 24.6 Å². The van der Waals surface area contributed by atoms with Crippen LogP contribution >= 0.6 is 12.4 Å². The molecule has 1 atom stereocenters. The molecule has 3 aromatic rings. The van der Waals surface area contributed by atoms with Gasteiger partial charge >= 0.3 is 0 Å². The zero-order valence-electron chi connectivity index (χ0n) is 19.0. The number of fused-ring (bicyclic) bond motifs is 2. The van der Waals surface area contributed by atoms with E-state index in [0.717, 1.165) is 55.1 Å². The molecule has 182 valence electrons. The summed E-state index contributed by atoms with van der Waals surface area (Å²) in [6.45, 7) is 1.32. The quantitative estimate of drug-likeness (QED) is 0.430. The molecule has 0 unspecified atom stereocenters. The number of ether oxygens (including phenoxy) is 1. The normalized spacial score (nSPS) is 17.7. The van der Waals surface area contributed by atoms with Gasteiger partial charge in [-0.2, -0.15) is 0 Å². The van der Waals surface area contributed by atoms with Gasteiger partial charge in [0.1, 0.15) is 12.4 Å². The molecule has 1 fully saturated rings. The molecule has 2 aromatic carbocycles. The highest BCUT2D eigenvalue weighted by Gasteiger charge is 2.35. The van der Waals surface area contributed by atoms with Gasteiger partial charge in [-0.25, -0.2) is 8.78 Å². The van der Waals surface area contributed by atoms with Crippen LogP contribution in [0.5, 0.6) is 5.75 Å². The van der Waals surface area contributed by atoms with Crippen LogP contribution in [0.3, 0.4) is 0 Å². The molecule has 3 N–H and O–H groups in total. The lowest BCUT2D eigenvalue weighted by atomic mass is 9.87. The highest BCUT2D eigenvalue weighted by Crippen LogP contribution is 2.35. The van der Waals surface area contributed by atoms with E-state index in [-0.39, 0.29) is 30.0 Å². The third-order valence-electron chi connectivity index (χ3n) is 7.19. The van der Waals surface area contributed by atoms with Gasteiger partial charge in [-0.1, -0.05) is 6.42 Å². The summed E-state index contributed by atoms with van der Waals surface area (Å²) in [7, 11) is 0. The molecule has 1 aliphatic carbocycles. The highest BCUT2D eigenvalue weighted by molar-refractivity contribution is 5.95. The number of nitrogens with one attached hydrogen (secondary N) is 1. The number of aromatic amines is 1. The number of rotatable bonds is 8. The average Bonchev–Trinajstić information content (AvgIpc) is 3.16. The van der Waals surface area contributed by atoms with Crippen LogP contribution in [-0.2, 0) is 12.8 Å². The number of hydrogen-bond acceptors (Lipinski definition) is 3. The maximum absolute atomic E-state index is 14.3. The summed E-state index contributed by atoms with van der Waals surface area (Å²) in [5.41, 5.74) is 8.57. The molecule has 0 spiro atoms. The minimum absolute atomic E-state index is 0. The van der Waals surface area contributed by atoms with E-state index in [1.807, 2.05) is 6.20 Å². The summed E-state index contributed by atoms with van der Waals surface area (Å²) in [6.07, 6.45) is 8.90. The second-order valence-electron chi connectivity index (χ2n) is 9.22. The van der Waals surface area contributed by atoms with Crippen LogP contribution in [0.15, 0.2) is 36.5 Å². The summed E-state index contributed by atoms with van der Waals surface area (Å²) in [5, 5.41) is 0.948. The minimum Gasteiger partial charge on any atom is -0.489 e. The third-order valence-corrected chi connectivity index (χ3v) is 7.19. The van der Waals surface area contributed by atoms with Crippen molar-refractivity contribution >= 4 is 29.2 Å². The number of amides is 1. The summed E-state index contributed by atoms with van der Waals surface area (Å²) >= 11 is 0. The van der Waals surface area contributed by atoms with Crippen LogP contribution in [-0.4, -0.2) is 41.0 Å². The van der Waals surface area contributed by atoms with E-state index in [9.17, 15) is 13.6 Å². The Labute approximate surface area is 204 Å². The van der Waals surface area contributed by atoms with Crippen molar-refractivity contribution in [1.82, 2.24) is 9.88 Å². The number of unbranched alkanes of at least 4 members (excludes halogenated alkanes) is 1. The van der Waals surface area contributed by atoms with E-state index in [4.69, 9.17) is 10.5 Å². The summed E-state index contributed by atoms with van der Waals surface area (Å²) in [4.78, 5) is 17.6. The van der Waals surface area contributed by atoms with Gasteiger partial charge in [0, 0.05) is 40.3 Å². The van der Waals surface area contributed by atoms with Crippen LogP contribution in [0.25, 0.3) is 10.9 Å². The van der Waals surface area contributed by atoms with Crippen molar-refractivity contribution in [3.63, 3.8) is 0 Å². The SMILES string of the molecule is Cl.NC(=O)c1ccc(F)c2c1C[C@H](N(CCCCc1c[nH]c3ccc(F)cc13)C1CCC1)CO2. The topological polar surface area (TPSA) is 71.4 Å². The van der Waals surface area contributed by atoms with E-state index in [1.54, 1.807) is 12.1 Å². The van der Waals surface area contributed by atoms with E-state index in [2.05, 4.69) is 9.88 Å². The lowest BCUT2D eigenvalue weighted by molar-refractivity contribution is 0.0417. The zero-order chi connectivity index (χ0) is 22.9. The molecule has 5 nitrogen and oxygen atoms in total. The molecule has 1 amide bonds. The highest BCUT2D eigenvalue weighted by atomic mass is 35.5. The van der Waals surface area contributed by atoms with Gasteiger partial charge in [-0.15, -0.1) is 12.4 Å². The van der Waals surface area contributed by atoms with Crippen molar-refractivity contribution in [2.75, 3.05) is 13.2 Å². The van der Waals surface area contributed by atoms with Crippen molar-refractivity contribution in [3.8, 4) is 5.75 Å². The third kappa shape index (κ3) is 4.77. The fourth-order valence-electron chi connectivity index (χ4n) is 5.22. The predicted octanol–water partition coefficient (Wildman–Crippen LogP) is 5.15.